The monoisotopic (exact) mass is 470 g/mol. The Labute approximate surface area is 195 Å². The van der Waals surface area contributed by atoms with Crippen LogP contribution in [0.25, 0.3) is 12.2 Å². The van der Waals surface area contributed by atoms with Crippen molar-refractivity contribution in [2.24, 2.45) is 5.92 Å². The van der Waals surface area contributed by atoms with Gasteiger partial charge in [0, 0.05) is 11.3 Å². The molecule has 3 heterocycles. The van der Waals surface area contributed by atoms with E-state index < -0.39 is 0 Å². The highest BCUT2D eigenvalue weighted by molar-refractivity contribution is 7.99. The fourth-order valence-corrected chi connectivity index (χ4v) is 4.53. The molecule has 1 aliphatic heterocycles. The molecular formula is C23H26N4O3S2. The fourth-order valence-electron chi connectivity index (χ4n) is 3.30. The smallest absolute Gasteiger partial charge is 0.230 e. The summed E-state index contributed by atoms with van der Waals surface area (Å²) in [6.45, 7) is 5.46. The van der Waals surface area contributed by atoms with E-state index in [1.807, 2.05) is 47.9 Å². The minimum Gasteiger partial charge on any atom is -0.490 e. The van der Waals surface area contributed by atoms with Gasteiger partial charge in [0.2, 0.25) is 11.1 Å². The van der Waals surface area contributed by atoms with Crippen molar-refractivity contribution in [3.63, 3.8) is 0 Å². The van der Waals surface area contributed by atoms with Crippen LogP contribution in [0.2, 0.25) is 0 Å². The van der Waals surface area contributed by atoms with Gasteiger partial charge in [-0.05, 0) is 47.2 Å². The van der Waals surface area contributed by atoms with Crippen molar-refractivity contribution in [3.8, 4) is 11.5 Å². The van der Waals surface area contributed by atoms with Crippen molar-refractivity contribution in [2.75, 3.05) is 19.0 Å². The zero-order valence-corrected chi connectivity index (χ0v) is 19.7. The molecule has 0 radical (unpaired) electrons. The lowest BCUT2D eigenvalue weighted by Gasteiger charge is -2.23. The molecule has 32 heavy (non-hydrogen) atoms. The molecule has 0 saturated heterocycles. The van der Waals surface area contributed by atoms with Gasteiger partial charge in [0.05, 0.1) is 25.0 Å². The Morgan fingerprint density at radius 3 is 2.88 bits per heavy atom. The van der Waals surface area contributed by atoms with Crippen molar-refractivity contribution in [2.45, 2.75) is 31.5 Å². The van der Waals surface area contributed by atoms with Gasteiger partial charge >= 0.3 is 0 Å². The van der Waals surface area contributed by atoms with Crippen LogP contribution in [0.1, 0.15) is 42.6 Å². The number of benzene rings is 1. The molecule has 1 atom stereocenters. The summed E-state index contributed by atoms with van der Waals surface area (Å²) in [5, 5.41) is 12.8. The van der Waals surface area contributed by atoms with E-state index in [1.54, 1.807) is 11.3 Å². The van der Waals surface area contributed by atoms with Crippen molar-refractivity contribution in [3.05, 3.63) is 52.0 Å². The lowest BCUT2D eigenvalue weighted by Crippen LogP contribution is -2.33. The van der Waals surface area contributed by atoms with Crippen LogP contribution in [-0.4, -0.2) is 40.1 Å². The number of thiophene rings is 1. The third-order valence-corrected chi connectivity index (χ3v) is 6.56. The number of nitrogens with one attached hydrogen (secondary N) is 2. The summed E-state index contributed by atoms with van der Waals surface area (Å²) < 4.78 is 11.5. The first kappa shape index (κ1) is 22.4. The van der Waals surface area contributed by atoms with Crippen LogP contribution >= 0.6 is 23.1 Å². The predicted octanol–water partition coefficient (Wildman–Crippen LogP) is 4.80. The predicted molar refractivity (Wildman–Crippen MR) is 128 cm³/mol. The van der Waals surface area contributed by atoms with Gasteiger partial charge in [-0.15, -0.1) is 16.4 Å². The fraction of sp³-hybridized carbons (Fsp3) is 0.348. The van der Waals surface area contributed by atoms with E-state index in [1.165, 1.54) is 11.8 Å². The first-order valence-electron chi connectivity index (χ1n) is 10.5. The van der Waals surface area contributed by atoms with E-state index in [9.17, 15) is 4.79 Å². The van der Waals surface area contributed by atoms with Gasteiger partial charge in [0.15, 0.2) is 11.5 Å². The standard InChI is InChI=1S/C23H26N4O3S2/c1-15(2)22(16-6-8-18-19(13-16)30-11-4-10-29-18)25-21(28)14-32-23-24-20(26-27-23)9-7-17-5-3-12-31-17/h3,5-9,12-13,15,22H,4,10-11,14H2,1-2H3,(H,25,28)(H,24,26,27)/b9-7+. The van der Waals surface area contributed by atoms with Gasteiger partial charge < -0.3 is 14.8 Å². The minimum atomic E-state index is -0.128. The number of carbonyl (C=O) groups is 1. The van der Waals surface area contributed by atoms with Crippen LogP contribution in [0.15, 0.2) is 40.9 Å². The summed E-state index contributed by atoms with van der Waals surface area (Å²) in [6, 6.07) is 9.79. The molecule has 7 nitrogen and oxygen atoms in total. The molecule has 0 aliphatic carbocycles. The average molecular weight is 471 g/mol. The van der Waals surface area contributed by atoms with Crippen LogP contribution in [0.3, 0.4) is 0 Å². The van der Waals surface area contributed by atoms with Crippen LogP contribution < -0.4 is 14.8 Å². The number of aromatic nitrogens is 3. The molecule has 1 amide bonds. The zero-order chi connectivity index (χ0) is 22.3. The first-order valence-corrected chi connectivity index (χ1v) is 12.4. The molecule has 2 N–H and O–H groups in total. The molecule has 0 saturated carbocycles. The van der Waals surface area contributed by atoms with Crippen molar-refractivity contribution < 1.29 is 14.3 Å². The Bertz CT molecular complexity index is 1060. The van der Waals surface area contributed by atoms with Crippen molar-refractivity contribution in [1.29, 1.82) is 0 Å². The van der Waals surface area contributed by atoms with E-state index in [4.69, 9.17) is 9.47 Å². The Hall–Kier alpha value is -2.78. The summed E-state index contributed by atoms with van der Waals surface area (Å²) >= 11 is 2.96. The largest absolute Gasteiger partial charge is 0.490 e. The molecule has 1 aromatic carbocycles. The second-order valence-corrected chi connectivity index (χ2v) is 9.61. The number of amides is 1. The quantitative estimate of drug-likeness (QED) is 0.460. The van der Waals surface area contributed by atoms with E-state index >= 15 is 0 Å². The molecular weight excluding hydrogens is 444 g/mol. The van der Waals surface area contributed by atoms with Crippen LogP contribution in [0.5, 0.6) is 11.5 Å². The van der Waals surface area contributed by atoms with Crippen LogP contribution in [0, 0.1) is 5.92 Å². The molecule has 0 fully saturated rings. The highest BCUT2D eigenvalue weighted by Gasteiger charge is 2.21. The number of hydrogen-bond donors (Lipinski definition) is 2. The van der Waals surface area contributed by atoms with Gasteiger partial charge in [-0.1, -0.05) is 37.7 Å². The lowest BCUT2D eigenvalue weighted by atomic mass is 9.95. The molecule has 0 bridgehead atoms. The molecule has 9 heteroatoms. The Kier molecular flexibility index (Phi) is 7.49. The van der Waals surface area contributed by atoms with E-state index in [0.717, 1.165) is 28.4 Å². The van der Waals surface area contributed by atoms with Gasteiger partial charge in [-0.2, -0.15) is 0 Å². The van der Waals surface area contributed by atoms with Gasteiger partial charge in [0.1, 0.15) is 5.82 Å². The molecule has 1 unspecified atom stereocenters. The van der Waals surface area contributed by atoms with Gasteiger partial charge in [-0.25, -0.2) is 4.98 Å². The topological polar surface area (TPSA) is 89.1 Å². The summed E-state index contributed by atoms with van der Waals surface area (Å²) in [6.07, 6.45) is 4.72. The molecule has 2 aromatic heterocycles. The maximum atomic E-state index is 12.7. The van der Waals surface area contributed by atoms with E-state index in [-0.39, 0.29) is 23.6 Å². The number of thioether (sulfide) groups is 1. The Balaban J connectivity index is 1.34. The van der Waals surface area contributed by atoms with Crippen LogP contribution in [-0.2, 0) is 4.79 Å². The molecule has 1 aliphatic rings. The number of aromatic amines is 1. The lowest BCUT2D eigenvalue weighted by molar-refractivity contribution is -0.119. The van der Waals surface area contributed by atoms with E-state index in [0.29, 0.717) is 24.2 Å². The number of nitrogens with zero attached hydrogens (tertiary/aromatic N) is 2. The van der Waals surface area contributed by atoms with Gasteiger partial charge in [-0.3, -0.25) is 9.89 Å². The normalized spacial score (nSPS) is 14.5. The molecule has 3 aromatic rings. The van der Waals surface area contributed by atoms with E-state index in [2.05, 4.69) is 34.3 Å². The zero-order valence-electron chi connectivity index (χ0n) is 18.0. The Morgan fingerprint density at radius 2 is 2.09 bits per heavy atom. The number of H-pyrrole nitrogens is 1. The second-order valence-electron chi connectivity index (χ2n) is 7.69. The SMILES string of the molecule is CC(C)C(NC(=O)CSc1n[nH]c(/C=C/c2cccs2)n1)c1ccc2c(c1)OCCCO2. The summed E-state index contributed by atoms with van der Waals surface area (Å²) in [5.74, 6) is 2.53. The number of carbonyl (C=O) groups excluding carboxylic acids is 1. The second kappa shape index (κ2) is 10.7. The maximum absolute atomic E-state index is 12.7. The minimum absolute atomic E-state index is 0.0683. The molecule has 4 rings (SSSR count). The third-order valence-electron chi connectivity index (χ3n) is 4.88. The molecule has 168 valence electrons. The average Bonchev–Trinajstić information content (AvgIpc) is 3.41. The Morgan fingerprint density at radius 1 is 1.25 bits per heavy atom. The molecule has 0 spiro atoms. The summed E-state index contributed by atoms with van der Waals surface area (Å²) in [5.41, 5.74) is 1.00. The first-order chi connectivity index (χ1) is 15.6. The summed E-state index contributed by atoms with van der Waals surface area (Å²) in [4.78, 5) is 18.2. The number of rotatable bonds is 8. The summed E-state index contributed by atoms with van der Waals surface area (Å²) in [7, 11) is 0. The highest BCUT2D eigenvalue weighted by atomic mass is 32.2. The van der Waals surface area contributed by atoms with Crippen molar-refractivity contribution >= 4 is 41.2 Å². The third kappa shape index (κ3) is 5.92. The van der Waals surface area contributed by atoms with Gasteiger partial charge in [0.25, 0.3) is 0 Å². The van der Waals surface area contributed by atoms with Crippen molar-refractivity contribution in [1.82, 2.24) is 20.5 Å². The maximum Gasteiger partial charge on any atom is 0.230 e. The number of hydrogen-bond acceptors (Lipinski definition) is 7. The number of fused-ring (bicyclic) bond motifs is 1. The van der Waals surface area contributed by atoms with Crippen LogP contribution in [0.4, 0.5) is 0 Å². The number of ether oxygens (including phenoxy) is 2. The highest BCUT2D eigenvalue weighted by Crippen LogP contribution is 2.34.